The SMILES string of the molecule is O=C(Cn1cncn1)N(CCO)C1CC1. The van der Waals surface area contributed by atoms with E-state index >= 15 is 0 Å². The molecule has 0 saturated heterocycles. The molecule has 1 heterocycles. The van der Waals surface area contributed by atoms with Gasteiger partial charge in [-0.25, -0.2) is 9.67 Å². The zero-order chi connectivity index (χ0) is 10.7. The van der Waals surface area contributed by atoms with Crippen LogP contribution in [0.3, 0.4) is 0 Å². The minimum absolute atomic E-state index is 0.00273. The van der Waals surface area contributed by atoms with E-state index in [0.717, 1.165) is 12.8 Å². The number of carbonyl (C=O) groups is 1. The predicted molar refractivity (Wildman–Crippen MR) is 51.8 cm³/mol. The highest BCUT2D eigenvalue weighted by atomic mass is 16.3. The average molecular weight is 210 g/mol. The first-order valence-electron chi connectivity index (χ1n) is 5.04. The van der Waals surface area contributed by atoms with E-state index in [0.29, 0.717) is 12.6 Å². The standard InChI is InChI=1S/C9H14N4O2/c14-4-3-13(8-1-2-8)9(15)5-12-7-10-6-11-12/h6-8,14H,1-5H2. The smallest absolute Gasteiger partial charge is 0.244 e. The van der Waals surface area contributed by atoms with E-state index < -0.39 is 0 Å². The molecule has 0 radical (unpaired) electrons. The van der Waals surface area contributed by atoms with Gasteiger partial charge in [0.1, 0.15) is 19.2 Å². The summed E-state index contributed by atoms with van der Waals surface area (Å²) in [6.07, 6.45) is 5.01. The van der Waals surface area contributed by atoms with Gasteiger partial charge in [0, 0.05) is 12.6 Å². The van der Waals surface area contributed by atoms with Crippen LogP contribution in [0, 0.1) is 0 Å². The molecule has 1 fully saturated rings. The van der Waals surface area contributed by atoms with Crippen LogP contribution in [0.1, 0.15) is 12.8 Å². The van der Waals surface area contributed by atoms with Crippen molar-refractivity contribution in [2.45, 2.75) is 25.4 Å². The molecule has 2 rings (SSSR count). The fourth-order valence-electron chi connectivity index (χ4n) is 1.55. The topological polar surface area (TPSA) is 71.2 Å². The number of amides is 1. The Labute approximate surface area is 87.5 Å². The molecule has 1 aromatic heterocycles. The Morgan fingerprint density at radius 3 is 2.93 bits per heavy atom. The van der Waals surface area contributed by atoms with Gasteiger partial charge < -0.3 is 10.0 Å². The average Bonchev–Trinajstić information content (AvgIpc) is 2.93. The summed E-state index contributed by atoms with van der Waals surface area (Å²) >= 11 is 0. The Morgan fingerprint density at radius 1 is 1.60 bits per heavy atom. The van der Waals surface area contributed by atoms with E-state index in [-0.39, 0.29) is 19.1 Å². The molecule has 0 spiro atoms. The molecule has 1 aliphatic carbocycles. The van der Waals surface area contributed by atoms with Crippen LogP contribution in [0.25, 0.3) is 0 Å². The molecule has 0 aliphatic heterocycles. The van der Waals surface area contributed by atoms with Crippen LogP contribution in [-0.4, -0.2) is 49.9 Å². The third kappa shape index (κ3) is 2.53. The van der Waals surface area contributed by atoms with Crippen LogP contribution in [0.15, 0.2) is 12.7 Å². The minimum Gasteiger partial charge on any atom is -0.395 e. The second-order valence-electron chi connectivity index (χ2n) is 3.63. The summed E-state index contributed by atoms with van der Waals surface area (Å²) in [7, 11) is 0. The van der Waals surface area contributed by atoms with Crippen molar-refractivity contribution in [2.24, 2.45) is 0 Å². The van der Waals surface area contributed by atoms with Gasteiger partial charge in [0.05, 0.1) is 6.61 Å². The first kappa shape index (κ1) is 10.1. The Morgan fingerprint density at radius 2 is 2.40 bits per heavy atom. The van der Waals surface area contributed by atoms with Gasteiger partial charge in [-0.15, -0.1) is 0 Å². The van der Waals surface area contributed by atoms with Crippen LogP contribution < -0.4 is 0 Å². The van der Waals surface area contributed by atoms with Gasteiger partial charge in [0.15, 0.2) is 0 Å². The quantitative estimate of drug-likeness (QED) is 0.695. The summed E-state index contributed by atoms with van der Waals surface area (Å²) in [5, 5.41) is 12.7. The maximum Gasteiger partial charge on any atom is 0.244 e. The Bertz CT molecular complexity index is 321. The Kier molecular flexibility index (Phi) is 2.96. The van der Waals surface area contributed by atoms with Gasteiger partial charge >= 0.3 is 0 Å². The fourth-order valence-corrected chi connectivity index (χ4v) is 1.55. The van der Waals surface area contributed by atoms with Crippen molar-refractivity contribution in [2.75, 3.05) is 13.2 Å². The summed E-state index contributed by atoms with van der Waals surface area (Å²) in [5.74, 6) is -0.00273. The highest BCUT2D eigenvalue weighted by Gasteiger charge is 2.31. The van der Waals surface area contributed by atoms with Crippen LogP contribution >= 0.6 is 0 Å². The molecular formula is C9H14N4O2. The molecule has 1 amide bonds. The van der Waals surface area contributed by atoms with Gasteiger partial charge in [-0.2, -0.15) is 5.10 Å². The van der Waals surface area contributed by atoms with Crippen molar-refractivity contribution in [3.05, 3.63) is 12.7 Å². The third-order valence-corrected chi connectivity index (χ3v) is 2.41. The van der Waals surface area contributed by atoms with Crippen LogP contribution in [-0.2, 0) is 11.3 Å². The van der Waals surface area contributed by atoms with E-state index in [1.54, 1.807) is 4.90 Å². The van der Waals surface area contributed by atoms with Crippen molar-refractivity contribution < 1.29 is 9.90 Å². The van der Waals surface area contributed by atoms with Gasteiger partial charge in [-0.1, -0.05) is 0 Å². The maximum absolute atomic E-state index is 11.8. The number of hydrogen-bond donors (Lipinski definition) is 1. The Balaban J connectivity index is 1.92. The molecular weight excluding hydrogens is 196 g/mol. The second kappa shape index (κ2) is 4.39. The second-order valence-corrected chi connectivity index (χ2v) is 3.63. The van der Waals surface area contributed by atoms with Gasteiger partial charge in [-0.3, -0.25) is 4.79 Å². The molecule has 0 bridgehead atoms. The zero-order valence-electron chi connectivity index (χ0n) is 8.41. The predicted octanol–water partition coefficient (Wildman–Crippen LogP) is -0.739. The molecule has 1 aromatic rings. The van der Waals surface area contributed by atoms with Crippen LogP contribution in [0.4, 0.5) is 0 Å². The largest absolute Gasteiger partial charge is 0.395 e. The molecule has 0 unspecified atom stereocenters. The number of aliphatic hydroxyl groups excluding tert-OH is 1. The highest BCUT2D eigenvalue weighted by Crippen LogP contribution is 2.26. The van der Waals surface area contributed by atoms with Crippen molar-refractivity contribution in [3.63, 3.8) is 0 Å². The van der Waals surface area contributed by atoms with Crippen molar-refractivity contribution in [1.29, 1.82) is 0 Å². The van der Waals surface area contributed by atoms with Crippen LogP contribution in [0.2, 0.25) is 0 Å². The zero-order valence-corrected chi connectivity index (χ0v) is 8.41. The number of nitrogens with zero attached hydrogens (tertiary/aromatic N) is 4. The number of carbonyl (C=O) groups excluding carboxylic acids is 1. The lowest BCUT2D eigenvalue weighted by atomic mass is 10.4. The molecule has 0 atom stereocenters. The summed E-state index contributed by atoms with van der Waals surface area (Å²) in [6.45, 7) is 0.633. The van der Waals surface area contributed by atoms with Crippen molar-refractivity contribution >= 4 is 5.91 Å². The molecule has 0 aromatic carbocycles. The molecule has 82 valence electrons. The van der Waals surface area contributed by atoms with Crippen molar-refractivity contribution in [3.8, 4) is 0 Å². The maximum atomic E-state index is 11.8. The number of aromatic nitrogens is 3. The number of rotatable bonds is 5. The fraction of sp³-hybridized carbons (Fsp3) is 0.667. The van der Waals surface area contributed by atoms with Gasteiger partial charge in [-0.05, 0) is 12.8 Å². The first-order valence-corrected chi connectivity index (χ1v) is 5.04. The molecule has 1 aliphatic rings. The lowest BCUT2D eigenvalue weighted by molar-refractivity contribution is -0.133. The minimum atomic E-state index is -0.00273. The number of hydrogen-bond acceptors (Lipinski definition) is 4. The van der Waals surface area contributed by atoms with Crippen molar-refractivity contribution in [1.82, 2.24) is 19.7 Å². The van der Waals surface area contributed by atoms with Crippen LogP contribution in [0.5, 0.6) is 0 Å². The van der Waals surface area contributed by atoms with E-state index in [1.165, 1.54) is 17.3 Å². The molecule has 1 N–H and O–H groups in total. The monoisotopic (exact) mass is 210 g/mol. The summed E-state index contributed by atoms with van der Waals surface area (Å²) in [4.78, 5) is 17.3. The molecule has 1 saturated carbocycles. The lowest BCUT2D eigenvalue weighted by Gasteiger charge is -2.20. The third-order valence-electron chi connectivity index (χ3n) is 2.41. The van der Waals surface area contributed by atoms with Gasteiger partial charge in [0.25, 0.3) is 0 Å². The number of aliphatic hydroxyl groups is 1. The van der Waals surface area contributed by atoms with E-state index in [1.807, 2.05) is 0 Å². The lowest BCUT2D eigenvalue weighted by Crippen LogP contribution is -2.37. The first-order chi connectivity index (χ1) is 7.31. The Hall–Kier alpha value is -1.43. The molecule has 15 heavy (non-hydrogen) atoms. The summed E-state index contributed by atoms with van der Waals surface area (Å²) in [6, 6.07) is 0.327. The molecule has 6 heteroatoms. The highest BCUT2D eigenvalue weighted by molar-refractivity contribution is 5.76. The van der Waals surface area contributed by atoms with E-state index in [4.69, 9.17) is 5.11 Å². The molecule has 6 nitrogen and oxygen atoms in total. The van der Waals surface area contributed by atoms with E-state index in [2.05, 4.69) is 10.1 Å². The normalized spacial score (nSPS) is 15.3. The summed E-state index contributed by atoms with van der Waals surface area (Å²) < 4.78 is 1.50. The summed E-state index contributed by atoms with van der Waals surface area (Å²) in [5.41, 5.74) is 0. The van der Waals surface area contributed by atoms with Gasteiger partial charge in [0.2, 0.25) is 5.91 Å². The van der Waals surface area contributed by atoms with E-state index in [9.17, 15) is 4.79 Å².